The van der Waals surface area contributed by atoms with Crippen LogP contribution < -0.4 is 10.4 Å². The number of hydrogen-bond donors (Lipinski definition) is 0. The molecule has 0 N–H and O–H groups in total. The van der Waals surface area contributed by atoms with E-state index in [2.05, 4.69) is 101 Å². The standard InChI is InChI=1S/C29H38O3Si/c1-21-16-18-26-25(21)19-17-22(27(26)28(30)31-5)20-32-33(29(2,3)4,23-12-8-6-9-13-23)24-14-10-7-11-15-24/h6-15,17,19,21-22,25-27H,16,18,20H2,1-5H3. The first kappa shape index (κ1) is 24.0. The number of benzene rings is 2. The van der Waals surface area contributed by atoms with Crippen LogP contribution in [0, 0.1) is 29.6 Å². The van der Waals surface area contributed by atoms with E-state index in [0.29, 0.717) is 24.4 Å². The Bertz CT molecular complexity index is 924. The molecule has 4 heteroatoms. The number of methoxy groups -OCH3 is 1. The molecule has 3 nitrogen and oxygen atoms in total. The Morgan fingerprint density at radius 3 is 2.03 bits per heavy atom. The van der Waals surface area contributed by atoms with Gasteiger partial charge in [-0.1, -0.05) is 101 Å². The first-order valence-electron chi connectivity index (χ1n) is 12.3. The van der Waals surface area contributed by atoms with Crippen molar-refractivity contribution in [2.45, 2.75) is 45.6 Å². The zero-order valence-corrected chi connectivity index (χ0v) is 21.7. The van der Waals surface area contributed by atoms with E-state index in [9.17, 15) is 4.79 Å². The van der Waals surface area contributed by atoms with Crippen molar-refractivity contribution in [3.05, 3.63) is 72.8 Å². The van der Waals surface area contributed by atoms with Crippen molar-refractivity contribution in [2.75, 3.05) is 13.7 Å². The summed E-state index contributed by atoms with van der Waals surface area (Å²) in [5.74, 6) is 1.26. The minimum absolute atomic E-state index is 0.0330. The fraction of sp³-hybridized carbons (Fsp3) is 0.483. The van der Waals surface area contributed by atoms with E-state index in [1.165, 1.54) is 23.9 Å². The molecule has 0 radical (unpaired) electrons. The second-order valence-corrected chi connectivity index (χ2v) is 15.2. The third-order valence-corrected chi connectivity index (χ3v) is 13.0. The number of carbonyl (C=O) groups is 1. The van der Waals surface area contributed by atoms with Crippen LogP contribution in [0.15, 0.2) is 72.8 Å². The van der Waals surface area contributed by atoms with Gasteiger partial charge >= 0.3 is 5.97 Å². The molecule has 0 heterocycles. The number of allylic oxidation sites excluding steroid dienone is 1. The number of ether oxygens (including phenoxy) is 1. The van der Waals surface area contributed by atoms with E-state index < -0.39 is 8.32 Å². The Balaban J connectivity index is 1.74. The molecule has 0 amide bonds. The quantitative estimate of drug-likeness (QED) is 0.336. The molecule has 5 atom stereocenters. The molecule has 0 aromatic heterocycles. The molecular weight excluding hydrogens is 424 g/mol. The highest BCUT2D eigenvalue weighted by Crippen LogP contribution is 2.48. The van der Waals surface area contributed by atoms with Crippen LogP contribution in [-0.2, 0) is 14.0 Å². The van der Waals surface area contributed by atoms with E-state index in [-0.39, 0.29) is 22.8 Å². The maximum atomic E-state index is 13.0. The zero-order valence-electron chi connectivity index (χ0n) is 20.7. The summed E-state index contributed by atoms with van der Waals surface area (Å²) in [5.41, 5.74) is 0. The van der Waals surface area contributed by atoms with Gasteiger partial charge in [0.25, 0.3) is 8.32 Å². The van der Waals surface area contributed by atoms with Gasteiger partial charge in [-0.05, 0) is 46.0 Å². The monoisotopic (exact) mass is 462 g/mol. The smallest absolute Gasteiger partial charge is 0.309 e. The molecule has 2 aromatic rings. The molecule has 4 rings (SSSR count). The molecule has 0 spiro atoms. The van der Waals surface area contributed by atoms with Crippen LogP contribution >= 0.6 is 0 Å². The van der Waals surface area contributed by atoms with Gasteiger partial charge in [-0.3, -0.25) is 4.79 Å². The van der Waals surface area contributed by atoms with Crippen molar-refractivity contribution in [3.63, 3.8) is 0 Å². The van der Waals surface area contributed by atoms with Gasteiger partial charge in [-0.2, -0.15) is 0 Å². The Hall–Kier alpha value is -2.17. The minimum Gasteiger partial charge on any atom is -0.469 e. The predicted octanol–water partition coefficient (Wildman–Crippen LogP) is 5.20. The Morgan fingerprint density at radius 2 is 1.52 bits per heavy atom. The summed E-state index contributed by atoms with van der Waals surface area (Å²) in [6.07, 6.45) is 6.88. The minimum atomic E-state index is -2.64. The van der Waals surface area contributed by atoms with Crippen molar-refractivity contribution >= 4 is 24.7 Å². The number of hydrogen-bond acceptors (Lipinski definition) is 3. The van der Waals surface area contributed by atoms with E-state index in [0.717, 1.165) is 6.42 Å². The summed E-state index contributed by atoms with van der Waals surface area (Å²) in [4.78, 5) is 13.0. The van der Waals surface area contributed by atoms with Crippen molar-refractivity contribution in [3.8, 4) is 0 Å². The molecule has 2 aromatic carbocycles. The van der Waals surface area contributed by atoms with Crippen LogP contribution in [0.2, 0.25) is 5.04 Å². The molecule has 0 saturated heterocycles. The normalized spacial score (nSPS) is 27.2. The summed E-state index contributed by atoms with van der Waals surface area (Å²) in [6.45, 7) is 9.72. The molecule has 2 aliphatic carbocycles. The third-order valence-electron chi connectivity index (χ3n) is 7.99. The van der Waals surface area contributed by atoms with Gasteiger partial charge in [0.1, 0.15) is 0 Å². The number of fused-ring (bicyclic) bond motifs is 1. The maximum Gasteiger partial charge on any atom is 0.309 e. The molecule has 2 aliphatic rings. The van der Waals surface area contributed by atoms with Crippen molar-refractivity contribution in [2.24, 2.45) is 29.6 Å². The van der Waals surface area contributed by atoms with Crippen molar-refractivity contribution in [1.29, 1.82) is 0 Å². The van der Waals surface area contributed by atoms with Crippen LogP contribution in [-0.4, -0.2) is 28.0 Å². The van der Waals surface area contributed by atoms with Crippen LogP contribution in [0.5, 0.6) is 0 Å². The molecule has 33 heavy (non-hydrogen) atoms. The highest BCUT2D eigenvalue weighted by atomic mass is 28.4. The van der Waals surface area contributed by atoms with Crippen molar-refractivity contribution in [1.82, 2.24) is 0 Å². The van der Waals surface area contributed by atoms with E-state index in [1.807, 2.05) is 0 Å². The van der Waals surface area contributed by atoms with Crippen LogP contribution in [0.3, 0.4) is 0 Å². The average Bonchev–Trinajstić information content (AvgIpc) is 3.20. The molecule has 0 aliphatic heterocycles. The summed E-state index contributed by atoms with van der Waals surface area (Å²) >= 11 is 0. The van der Waals surface area contributed by atoms with Gasteiger partial charge in [-0.25, -0.2) is 0 Å². The van der Waals surface area contributed by atoms with Gasteiger partial charge in [0, 0.05) is 12.5 Å². The molecular formula is C29H38O3Si. The lowest BCUT2D eigenvalue weighted by molar-refractivity contribution is -0.150. The van der Waals surface area contributed by atoms with Crippen LogP contribution in [0.4, 0.5) is 0 Å². The summed E-state index contributed by atoms with van der Waals surface area (Å²) < 4.78 is 12.5. The molecule has 0 bridgehead atoms. The third kappa shape index (κ3) is 4.35. The maximum absolute atomic E-state index is 13.0. The van der Waals surface area contributed by atoms with Crippen molar-refractivity contribution < 1.29 is 14.0 Å². The zero-order chi connectivity index (χ0) is 23.6. The predicted molar refractivity (Wildman–Crippen MR) is 137 cm³/mol. The fourth-order valence-electron chi connectivity index (χ4n) is 6.35. The number of esters is 1. The molecule has 5 unspecified atom stereocenters. The summed E-state index contributed by atoms with van der Waals surface area (Å²) in [5, 5.41) is 2.45. The second kappa shape index (κ2) is 9.59. The van der Waals surface area contributed by atoms with E-state index >= 15 is 0 Å². The second-order valence-electron chi connectivity index (χ2n) is 10.9. The average molecular weight is 463 g/mol. The SMILES string of the molecule is COC(=O)C1C(CO[Si](c2ccccc2)(c2ccccc2)C(C)(C)C)C=CC2C(C)CCC21. The molecule has 176 valence electrons. The largest absolute Gasteiger partial charge is 0.469 e. The van der Waals surface area contributed by atoms with E-state index in [4.69, 9.17) is 9.16 Å². The lowest BCUT2D eigenvalue weighted by Gasteiger charge is -2.44. The Labute approximate surface area is 200 Å². The van der Waals surface area contributed by atoms with Gasteiger partial charge in [-0.15, -0.1) is 0 Å². The van der Waals surface area contributed by atoms with Gasteiger partial charge in [0.05, 0.1) is 13.0 Å². The number of rotatable bonds is 6. The van der Waals surface area contributed by atoms with Gasteiger partial charge in [0.15, 0.2) is 0 Å². The topological polar surface area (TPSA) is 35.5 Å². The van der Waals surface area contributed by atoms with Crippen LogP contribution in [0.25, 0.3) is 0 Å². The Morgan fingerprint density at radius 1 is 0.939 bits per heavy atom. The lowest BCUT2D eigenvalue weighted by atomic mass is 9.71. The highest BCUT2D eigenvalue weighted by Gasteiger charge is 2.52. The fourth-order valence-corrected chi connectivity index (χ4v) is 10.9. The Kier molecular flexibility index (Phi) is 6.97. The number of carbonyl (C=O) groups excluding carboxylic acids is 1. The first-order chi connectivity index (χ1) is 15.8. The lowest BCUT2D eigenvalue weighted by Crippen LogP contribution is -2.67. The van der Waals surface area contributed by atoms with Crippen LogP contribution in [0.1, 0.15) is 40.5 Å². The molecule has 1 fully saturated rings. The first-order valence-corrected chi connectivity index (χ1v) is 14.2. The summed E-state index contributed by atoms with van der Waals surface area (Å²) in [6, 6.07) is 21.4. The van der Waals surface area contributed by atoms with Gasteiger partial charge in [0.2, 0.25) is 0 Å². The summed E-state index contributed by atoms with van der Waals surface area (Å²) in [7, 11) is -1.12. The molecule has 1 saturated carbocycles. The highest BCUT2D eigenvalue weighted by molar-refractivity contribution is 6.99. The van der Waals surface area contributed by atoms with Gasteiger partial charge < -0.3 is 9.16 Å². The van der Waals surface area contributed by atoms with E-state index in [1.54, 1.807) is 0 Å².